The van der Waals surface area contributed by atoms with Crippen molar-refractivity contribution >= 4 is 11.8 Å². The monoisotopic (exact) mass is 249 g/mol. The Morgan fingerprint density at radius 3 is 2.88 bits per heavy atom. The molecule has 1 heterocycles. The van der Waals surface area contributed by atoms with Gasteiger partial charge in [-0.2, -0.15) is 11.8 Å². The van der Waals surface area contributed by atoms with Crippen molar-refractivity contribution in [3.63, 3.8) is 0 Å². The highest BCUT2D eigenvalue weighted by Gasteiger charge is 2.22. The minimum absolute atomic E-state index is 0.536. The maximum absolute atomic E-state index is 3.80. The van der Waals surface area contributed by atoms with Crippen LogP contribution in [0.3, 0.4) is 0 Å². The summed E-state index contributed by atoms with van der Waals surface area (Å²) in [5, 5.41) is 3.80. The number of nitrogens with one attached hydrogen (secondary N) is 1. The third-order valence-corrected chi connectivity index (χ3v) is 5.02. The van der Waals surface area contributed by atoms with Crippen LogP contribution in [0.25, 0.3) is 0 Å². The molecule has 3 unspecified atom stereocenters. The number of hydrogen-bond donors (Lipinski definition) is 1. The highest BCUT2D eigenvalue weighted by Crippen LogP contribution is 2.32. The van der Waals surface area contributed by atoms with Crippen LogP contribution in [0.4, 0.5) is 0 Å². The fourth-order valence-electron chi connectivity index (χ4n) is 2.36. The summed E-state index contributed by atoms with van der Waals surface area (Å²) in [5.41, 5.74) is 3.03. The topological polar surface area (TPSA) is 12.0 Å². The van der Waals surface area contributed by atoms with Gasteiger partial charge in [-0.15, -0.1) is 0 Å². The molecule has 1 nitrogen and oxygen atoms in total. The van der Waals surface area contributed by atoms with Crippen LogP contribution in [0.5, 0.6) is 0 Å². The quantitative estimate of drug-likeness (QED) is 0.865. The molecule has 17 heavy (non-hydrogen) atoms. The molecule has 0 fully saturated rings. The summed E-state index contributed by atoms with van der Waals surface area (Å²) in [7, 11) is 0. The molecule has 0 saturated carbocycles. The smallest absolute Gasteiger partial charge is 0.0417 e. The Kier molecular flexibility index (Phi) is 4.52. The van der Waals surface area contributed by atoms with E-state index in [1.54, 1.807) is 0 Å². The van der Waals surface area contributed by atoms with Crippen molar-refractivity contribution in [1.29, 1.82) is 0 Å². The minimum Gasteiger partial charge on any atom is -0.306 e. The summed E-state index contributed by atoms with van der Waals surface area (Å²) in [6.07, 6.45) is 1.25. The van der Waals surface area contributed by atoms with Crippen molar-refractivity contribution < 1.29 is 0 Å². The molecule has 0 radical (unpaired) electrons. The zero-order valence-electron chi connectivity index (χ0n) is 11.1. The molecule has 1 aliphatic heterocycles. The van der Waals surface area contributed by atoms with Gasteiger partial charge in [-0.25, -0.2) is 0 Å². The molecule has 1 aromatic rings. The Hall–Kier alpha value is -0.470. The lowest BCUT2D eigenvalue weighted by molar-refractivity contribution is 0.361. The van der Waals surface area contributed by atoms with E-state index >= 15 is 0 Å². The maximum Gasteiger partial charge on any atom is 0.0417 e. The Balaban J connectivity index is 2.08. The Morgan fingerprint density at radius 1 is 1.35 bits per heavy atom. The van der Waals surface area contributed by atoms with E-state index in [2.05, 4.69) is 50.4 Å². The van der Waals surface area contributed by atoms with E-state index in [0.29, 0.717) is 12.1 Å². The van der Waals surface area contributed by atoms with E-state index in [-0.39, 0.29) is 0 Å². The molecule has 0 amide bonds. The molecule has 0 spiro atoms. The summed E-state index contributed by atoms with van der Waals surface area (Å²) >= 11 is 2.04. The normalized spacial score (nSPS) is 22.9. The van der Waals surface area contributed by atoms with Gasteiger partial charge in [0, 0.05) is 23.6 Å². The predicted molar refractivity (Wildman–Crippen MR) is 77.4 cm³/mol. The Bertz CT molecular complexity index is 364. The standard InChI is InChI=1S/C15H23NS/c1-4-11(2)12(3)16-15-10-17-9-13-7-5-6-8-14(13)15/h5-8,11-12,15-16H,4,9-10H2,1-3H3. The van der Waals surface area contributed by atoms with Gasteiger partial charge in [0.05, 0.1) is 0 Å². The van der Waals surface area contributed by atoms with Crippen LogP contribution in [0.1, 0.15) is 44.4 Å². The predicted octanol–water partition coefficient (Wildman–Crippen LogP) is 4.00. The van der Waals surface area contributed by atoms with Crippen molar-refractivity contribution in [3.8, 4) is 0 Å². The van der Waals surface area contributed by atoms with E-state index in [1.165, 1.54) is 29.1 Å². The van der Waals surface area contributed by atoms with Crippen LogP contribution >= 0.6 is 11.8 Å². The van der Waals surface area contributed by atoms with Crippen molar-refractivity contribution in [3.05, 3.63) is 35.4 Å². The van der Waals surface area contributed by atoms with Gasteiger partial charge in [0.25, 0.3) is 0 Å². The fraction of sp³-hybridized carbons (Fsp3) is 0.600. The summed E-state index contributed by atoms with van der Waals surface area (Å²) in [6, 6.07) is 10.0. The first-order chi connectivity index (χ1) is 8.22. The summed E-state index contributed by atoms with van der Waals surface area (Å²) in [5.74, 6) is 3.12. The van der Waals surface area contributed by atoms with Crippen LogP contribution in [0.15, 0.2) is 24.3 Å². The van der Waals surface area contributed by atoms with E-state index in [4.69, 9.17) is 0 Å². The molecule has 2 heteroatoms. The van der Waals surface area contributed by atoms with Crippen molar-refractivity contribution in [1.82, 2.24) is 5.32 Å². The van der Waals surface area contributed by atoms with Gasteiger partial charge in [0.15, 0.2) is 0 Å². The van der Waals surface area contributed by atoms with Crippen molar-refractivity contribution in [2.75, 3.05) is 5.75 Å². The molecule has 3 atom stereocenters. The lowest BCUT2D eigenvalue weighted by Crippen LogP contribution is -2.37. The third kappa shape index (κ3) is 3.05. The largest absolute Gasteiger partial charge is 0.306 e. The SMILES string of the molecule is CCC(C)C(C)NC1CSCc2ccccc21. The number of thioether (sulfide) groups is 1. The van der Waals surface area contributed by atoms with Gasteiger partial charge in [-0.1, -0.05) is 44.5 Å². The summed E-state index contributed by atoms with van der Waals surface area (Å²) < 4.78 is 0. The summed E-state index contributed by atoms with van der Waals surface area (Å²) in [6.45, 7) is 6.92. The van der Waals surface area contributed by atoms with E-state index < -0.39 is 0 Å². The van der Waals surface area contributed by atoms with E-state index in [0.717, 1.165) is 5.92 Å². The molecular weight excluding hydrogens is 226 g/mol. The van der Waals surface area contributed by atoms with Gasteiger partial charge >= 0.3 is 0 Å². The van der Waals surface area contributed by atoms with Gasteiger partial charge in [0.2, 0.25) is 0 Å². The van der Waals surface area contributed by atoms with Gasteiger partial charge < -0.3 is 5.32 Å². The zero-order valence-corrected chi connectivity index (χ0v) is 11.9. The Labute approximate surface area is 109 Å². The van der Waals surface area contributed by atoms with Crippen LogP contribution < -0.4 is 5.32 Å². The fourth-order valence-corrected chi connectivity index (χ4v) is 3.47. The Morgan fingerprint density at radius 2 is 2.12 bits per heavy atom. The zero-order chi connectivity index (χ0) is 12.3. The average molecular weight is 249 g/mol. The van der Waals surface area contributed by atoms with Gasteiger partial charge in [-0.05, 0) is 24.0 Å². The first-order valence-corrected chi connectivity index (χ1v) is 7.79. The van der Waals surface area contributed by atoms with Gasteiger partial charge in [0.1, 0.15) is 0 Å². The average Bonchev–Trinajstić information content (AvgIpc) is 2.38. The first kappa shape index (κ1) is 13.0. The second-order valence-electron chi connectivity index (χ2n) is 5.11. The van der Waals surface area contributed by atoms with E-state index in [1.807, 2.05) is 11.8 Å². The maximum atomic E-state index is 3.80. The molecule has 0 aliphatic carbocycles. The van der Waals surface area contributed by atoms with E-state index in [9.17, 15) is 0 Å². The molecule has 0 bridgehead atoms. The third-order valence-electron chi connectivity index (χ3n) is 3.93. The number of benzene rings is 1. The second kappa shape index (κ2) is 5.92. The molecule has 1 aliphatic rings. The van der Waals surface area contributed by atoms with Crippen molar-refractivity contribution in [2.45, 2.75) is 45.0 Å². The van der Waals surface area contributed by atoms with Crippen LogP contribution in [0, 0.1) is 5.92 Å². The lowest BCUT2D eigenvalue weighted by Gasteiger charge is -2.31. The lowest BCUT2D eigenvalue weighted by atomic mass is 9.97. The highest BCUT2D eigenvalue weighted by molar-refractivity contribution is 7.98. The number of fused-ring (bicyclic) bond motifs is 1. The molecule has 1 N–H and O–H groups in total. The molecule has 2 rings (SSSR count). The van der Waals surface area contributed by atoms with Gasteiger partial charge in [-0.3, -0.25) is 0 Å². The van der Waals surface area contributed by atoms with Crippen LogP contribution in [-0.4, -0.2) is 11.8 Å². The van der Waals surface area contributed by atoms with Crippen molar-refractivity contribution in [2.24, 2.45) is 5.92 Å². The van der Waals surface area contributed by atoms with Crippen LogP contribution in [0.2, 0.25) is 0 Å². The summed E-state index contributed by atoms with van der Waals surface area (Å²) in [4.78, 5) is 0. The molecule has 94 valence electrons. The minimum atomic E-state index is 0.536. The molecule has 0 aromatic heterocycles. The second-order valence-corrected chi connectivity index (χ2v) is 6.14. The molecule has 1 aromatic carbocycles. The number of hydrogen-bond acceptors (Lipinski definition) is 2. The van der Waals surface area contributed by atoms with Crippen LogP contribution in [-0.2, 0) is 5.75 Å². The molecular formula is C15H23NS. The molecule has 0 saturated heterocycles. The highest BCUT2D eigenvalue weighted by atomic mass is 32.2. The first-order valence-electron chi connectivity index (χ1n) is 6.64. The number of rotatable bonds is 4.